The van der Waals surface area contributed by atoms with E-state index in [0.717, 1.165) is 5.69 Å². The topological polar surface area (TPSA) is 58.1 Å². The van der Waals surface area contributed by atoms with Gasteiger partial charge >= 0.3 is 0 Å². The van der Waals surface area contributed by atoms with Gasteiger partial charge in [0, 0.05) is 24.8 Å². The van der Waals surface area contributed by atoms with Gasteiger partial charge in [-0.05, 0) is 37.1 Å². The molecule has 132 valence electrons. The second kappa shape index (κ2) is 8.25. The van der Waals surface area contributed by atoms with E-state index in [4.69, 9.17) is 0 Å². The number of carbonyl (C=O) groups excluding carboxylic acids is 1. The zero-order valence-electron chi connectivity index (χ0n) is 15.0. The smallest absolute Gasteiger partial charge is 0.277 e. The first-order chi connectivity index (χ1) is 12.7. The van der Waals surface area contributed by atoms with E-state index >= 15 is 0 Å². The van der Waals surface area contributed by atoms with E-state index < -0.39 is 0 Å². The minimum Gasteiger partial charge on any atom is -0.366 e. The molecule has 0 aliphatic carbocycles. The third kappa shape index (κ3) is 4.06. The maximum absolute atomic E-state index is 12.9. The van der Waals surface area contributed by atoms with E-state index in [1.54, 1.807) is 11.0 Å². The van der Waals surface area contributed by atoms with Crippen LogP contribution in [0, 0.1) is 6.92 Å². The Kier molecular flexibility index (Phi) is 5.59. The highest BCUT2D eigenvalue weighted by molar-refractivity contribution is 6.05. The van der Waals surface area contributed by atoms with Crippen molar-refractivity contribution < 1.29 is 4.79 Å². The van der Waals surface area contributed by atoms with Crippen LogP contribution in [0.2, 0.25) is 0 Å². The fourth-order valence-corrected chi connectivity index (χ4v) is 2.75. The molecule has 1 N–H and O–H groups in total. The molecule has 0 bridgehead atoms. The zero-order chi connectivity index (χ0) is 18.4. The zero-order valence-corrected chi connectivity index (χ0v) is 15.0. The third-order valence-electron chi connectivity index (χ3n) is 4.24. The van der Waals surface area contributed by atoms with Crippen molar-refractivity contribution in [2.75, 3.05) is 16.8 Å². The Balaban J connectivity index is 1.76. The van der Waals surface area contributed by atoms with Gasteiger partial charge in [0.2, 0.25) is 0 Å². The number of anilines is 2. The summed E-state index contributed by atoms with van der Waals surface area (Å²) >= 11 is 0. The number of carbonyl (C=O) groups is 1. The predicted octanol–water partition coefficient (Wildman–Crippen LogP) is 4.06. The number of hydrogen-bond donors (Lipinski definition) is 1. The lowest BCUT2D eigenvalue weighted by Gasteiger charge is -2.20. The van der Waals surface area contributed by atoms with Crippen molar-refractivity contribution in [2.24, 2.45) is 0 Å². The van der Waals surface area contributed by atoms with Crippen molar-refractivity contribution in [3.8, 4) is 0 Å². The van der Waals surface area contributed by atoms with Crippen LogP contribution in [0.15, 0.2) is 67.0 Å². The van der Waals surface area contributed by atoms with Gasteiger partial charge in [0.05, 0.1) is 0 Å². The number of rotatable bonds is 6. The summed E-state index contributed by atoms with van der Waals surface area (Å²) < 4.78 is 0. The number of aromatic nitrogens is 2. The van der Waals surface area contributed by atoms with E-state index in [1.807, 2.05) is 49.4 Å². The lowest BCUT2D eigenvalue weighted by Crippen LogP contribution is -2.31. The number of aryl methyl sites for hydroxylation is 1. The summed E-state index contributed by atoms with van der Waals surface area (Å²) in [5.41, 5.74) is 3.64. The molecule has 0 atom stereocenters. The predicted molar refractivity (Wildman–Crippen MR) is 104 cm³/mol. The van der Waals surface area contributed by atoms with E-state index in [-0.39, 0.29) is 5.91 Å². The molecular weight excluding hydrogens is 324 g/mol. The van der Waals surface area contributed by atoms with Gasteiger partial charge in [-0.2, -0.15) is 0 Å². The highest BCUT2D eigenvalue weighted by atomic mass is 16.2. The molecule has 1 aromatic heterocycles. The number of para-hydroxylation sites is 1. The molecule has 1 amide bonds. The van der Waals surface area contributed by atoms with Crippen LogP contribution in [0.25, 0.3) is 0 Å². The van der Waals surface area contributed by atoms with Crippen LogP contribution in [-0.4, -0.2) is 22.4 Å². The second-order valence-corrected chi connectivity index (χ2v) is 5.95. The van der Waals surface area contributed by atoms with Crippen molar-refractivity contribution in [3.05, 3.63) is 83.8 Å². The summed E-state index contributed by atoms with van der Waals surface area (Å²) in [6, 6.07) is 19.5. The average Bonchev–Trinajstić information content (AvgIpc) is 2.69. The fourth-order valence-electron chi connectivity index (χ4n) is 2.75. The molecular formula is C21H22N4O. The van der Waals surface area contributed by atoms with Gasteiger partial charge in [0.1, 0.15) is 17.8 Å². The summed E-state index contributed by atoms with van der Waals surface area (Å²) in [6.07, 6.45) is 1.42. The van der Waals surface area contributed by atoms with Crippen molar-refractivity contribution >= 4 is 17.4 Å². The van der Waals surface area contributed by atoms with Crippen LogP contribution in [-0.2, 0) is 6.54 Å². The molecule has 0 aliphatic rings. The average molecular weight is 346 g/mol. The minimum absolute atomic E-state index is 0.139. The van der Waals surface area contributed by atoms with E-state index in [2.05, 4.69) is 34.3 Å². The van der Waals surface area contributed by atoms with Gasteiger partial charge in [-0.25, -0.2) is 9.97 Å². The molecule has 0 saturated carbocycles. The van der Waals surface area contributed by atoms with Crippen LogP contribution in [0.5, 0.6) is 0 Å². The number of amides is 1. The summed E-state index contributed by atoms with van der Waals surface area (Å²) in [5.74, 6) is 0.496. The molecule has 0 unspecified atom stereocenters. The fraction of sp³-hybridized carbons (Fsp3) is 0.190. The Hall–Kier alpha value is -3.21. The first kappa shape index (κ1) is 17.6. The molecule has 5 heteroatoms. The molecule has 1 heterocycles. The summed E-state index contributed by atoms with van der Waals surface area (Å²) in [6.45, 7) is 5.24. The maximum atomic E-state index is 12.9. The molecule has 0 aliphatic heterocycles. The molecule has 0 spiro atoms. The van der Waals surface area contributed by atoms with Gasteiger partial charge in [-0.15, -0.1) is 0 Å². The Morgan fingerprint density at radius 2 is 1.77 bits per heavy atom. The molecule has 2 aromatic carbocycles. The highest BCUT2D eigenvalue weighted by Gasteiger charge is 2.17. The summed E-state index contributed by atoms with van der Waals surface area (Å²) in [5, 5.41) is 3.27. The Morgan fingerprint density at radius 3 is 2.50 bits per heavy atom. The van der Waals surface area contributed by atoms with Crippen molar-refractivity contribution in [2.45, 2.75) is 20.4 Å². The molecule has 0 fully saturated rings. The van der Waals surface area contributed by atoms with E-state index in [9.17, 15) is 4.79 Å². The highest BCUT2D eigenvalue weighted by Crippen LogP contribution is 2.17. The molecule has 0 radical (unpaired) electrons. The van der Waals surface area contributed by atoms with Crippen molar-refractivity contribution in [3.63, 3.8) is 0 Å². The third-order valence-corrected chi connectivity index (χ3v) is 4.24. The lowest BCUT2D eigenvalue weighted by molar-refractivity contribution is 0.0983. The molecule has 5 nitrogen and oxygen atoms in total. The minimum atomic E-state index is -0.139. The Labute approximate surface area is 153 Å². The SMILES string of the molecule is CCN(C(=O)c1cc(NCc2ccccc2C)ncn1)c1ccccc1. The normalized spacial score (nSPS) is 10.4. The summed E-state index contributed by atoms with van der Waals surface area (Å²) in [4.78, 5) is 23.0. The molecule has 26 heavy (non-hydrogen) atoms. The number of hydrogen-bond acceptors (Lipinski definition) is 4. The van der Waals surface area contributed by atoms with Crippen LogP contribution in [0.1, 0.15) is 28.5 Å². The number of benzene rings is 2. The van der Waals surface area contributed by atoms with Gasteiger partial charge in [0.25, 0.3) is 5.91 Å². The van der Waals surface area contributed by atoms with Gasteiger partial charge in [-0.3, -0.25) is 4.79 Å². The summed E-state index contributed by atoms with van der Waals surface area (Å²) in [7, 11) is 0. The monoisotopic (exact) mass is 346 g/mol. The largest absolute Gasteiger partial charge is 0.366 e. The molecule has 3 rings (SSSR count). The van der Waals surface area contributed by atoms with Crippen LogP contribution in [0.3, 0.4) is 0 Å². The second-order valence-electron chi connectivity index (χ2n) is 5.95. The van der Waals surface area contributed by atoms with E-state index in [1.165, 1.54) is 17.5 Å². The maximum Gasteiger partial charge on any atom is 0.277 e. The van der Waals surface area contributed by atoms with Crippen molar-refractivity contribution in [1.82, 2.24) is 9.97 Å². The van der Waals surface area contributed by atoms with Crippen LogP contribution < -0.4 is 10.2 Å². The van der Waals surface area contributed by atoms with Gasteiger partial charge < -0.3 is 10.2 Å². The Morgan fingerprint density at radius 1 is 1.04 bits per heavy atom. The number of nitrogens with one attached hydrogen (secondary N) is 1. The number of nitrogens with zero attached hydrogens (tertiary/aromatic N) is 3. The van der Waals surface area contributed by atoms with Gasteiger partial charge in [-0.1, -0.05) is 42.5 Å². The standard InChI is InChI=1S/C21H22N4O/c1-3-25(18-11-5-4-6-12-18)21(26)19-13-20(24-15-23-19)22-14-17-10-8-7-9-16(17)2/h4-13,15H,3,14H2,1-2H3,(H,22,23,24). The quantitative estimate of drug-likeness (QED) is 0.731. The van der Waals surface area contributed by atoms with Crippen LogP contribution in [0.4, 0.5) is 11.5 Å². The van der Waals surface area contributed by atoms with Crippen molar-refractivity contribution in [1.29, 1.82) is 0 Å². The molecule has 0 saturated heterocycles. The van der Waals surface area contributed by atoms with E-state index in [0.29, 0.717) is 24.6 Å². The van der Waals surface area contributed by atoms with Crippen LogP contribution >= 0.6 is 0 Å². The lowest BCUT2D eigenvalue weighted by atomic mass is 10.1. The first-order valence-corrected chi connectivity index (χ1v) is 8.66. The molecule has 3 aromatic rings. The first-order valence-electron chi connectivity index (χ1n) is 8.66. The van der Waals surface area contributed by atoms with Gasteiger partial charge in [0.15, 0.2) is 0 Å². The Bertz CT molecular complexity index is 880.